The number of nitrogens with zero attached hydrogens (tertiary/aromatic N) is 4. The van der Waals surface area contributed by atoms with E-state index in [4.69, 9.17) is 45.5 Å². The molecule has 1 fully saturated rings. The Morgan fingerprint density at radius 2 is 1.88 bits per heavy atom. The third-order valence-electron chi connectivity index (χ3n) is 5.79. The molecule has 2 heterocycles. The van der Waals surface area contributed by atoms with Crippen LogP contribution in [0.3, 0.4) is 0 Å². The Hall–Kier alpha value is -2.33. The number of rotatable bonds is 7. The number of fused-ring (bicyclic) bond motifs is 1. The third-order valence-corrected chi connectivity index (χ3v) is 6.60. The van der Waals surface area contributed by atoms with E-state index in [1.165, 1.54) is 0 Å². The Morgan fingerprint density at radius 3 is 2.48 bits per heavy atom. The molecule has 0 bridgehead atoms. The van der Waals surface area contributed by atoms with Crippen LogP contribution in [0.25, 0.3) is 11.2 Å². The van der Waals surface area contributed by atoms with Gasteiger partial charge in [0.05, 0.1) is 28.5 Å². The summed E-state index contributed by atoms with van der Waals surface area (Å²) in [6.45, 7) is 1.77. The van der Waals surface area contributed by atoms with Crippen molar-refractivity contribution in [3.63, 3.8) is 0 Å². The summed E-state index contributed by atoms with van der Waals surface area (Å²) in [6, 6.07) is 3.01. The minimum absolute atomic E-state index is 0.0240. The van der Waals surface area contributed by atoms with Crippen LogP contribution >= 0.6 is 34.8 Å². The van der Waals surface area contributed by atoms with Crippen LogP contribution in [0.1, 0.15) is 38.6 Å². The van der Waals surface area contributed by atoms with Crippen molar-refractivity contribution in [1.29, 1.82) is 0 Å². The second kappa shape index (κ2) is 9.89. The van der Waals surface area contributed by atoms with Crippen LogP contribution in [0.2, 0.25) is 15.1 Å². The molecule has 1 aliphatic carbocycles. The summed E-state index contributed by atoms with van der Waals surface area (Å²) in [6.07, 6.45) is 4.44. The number of aromatic nitrogens is 4. The lowest BCUT2D eigenvalue weighted by Crippen LogP contribution is -2.29. The fourth-order valence-corrected chi connectivity index (χ4v) is 4.96. The van der Waals surface area contributed by atoms with Gasteiger partial charge in [-0.2, -0.15) is 4.98 Å². The van der Waals surface area contributed by atoms with Crippen molar-refractivity contribution in [1.82, 2.24) is 19.5 Å². The highest BCUT2D eigenvalue weighted by Gasteiger charge is 2.29. The Kier molecular flexibility index (Phi) is 7.13. The first-order chi connectivity index (χ1) is 15.8. The normalized spacial score (nSPS) is 19.4. The molecule has 176 valence electrons. The van der Waals surface area contributed by atoms with Crippen LogP contribution in [0.4, 0.5) is 17.6 Å². The average Bonchev–Trinajstić information content (AvgIpc) is 3.13. The zero-order valence-corrected chi connectivity index (χ0v) is 20.1. The molecular formula is C21H24Cl3N7O2. The second-order valence-electron chi connectivity index (χ2n) is 8.21. The molecular weight excluding hydrogens is 489 g/mol. The van der Waals surface area contributed by atoms with E-state index in [1.54, 1.807) is 18.3 Å². The standard InChI is InChI=1S/C21H24Cl3N7O2/c1-10(9-32)27-20-26-8-16-19(30-20)31(13-4-2-11(3-5-13)18(25)33)21(28-16)29-17-14(23)6-12(22)7-15(17)24/h6-8,10-11,13,32H,2-5,9H2,1H3,(H2,25,33)(H,28,29)(H,26,27,30)/t10-,11?,13?/m0/s1. The fourth-order valence-electron chi connectivity index (χ4n) is 4.05. The van der Waals surface area contributed by atoms with Gasteiger partial charge in [-0.25, -0.2) is 9.97 Å². The molecule has 0 unspecified atom stereocenters. The number of imidazole rings is 1. The van der Waals surface area contributed by atoms with Crippen LogP contribution in [0, 0.1) is 5.92 Å². The molecule has 3 aromatic rings. The molecule has 2 aromatic heterocycles. The Morgan fingerprint density at radius 1 is 1.21 bits per heavy atom. The van der Waals surface area contributed by atoms with Crippen molar-refractivity contribution in [2.45, 2.75) is 44.7 Å². The smallest absolute Gasteiger partial charge is 0.225 e. The molecule has 1 aliphatic rings. The number of nitrogens with one attached hydrogen (secondary N) is 2. The van der Waals surface area contributed by atoms with Crippen LogP contribution in [0.5, 0.6) is 0 Å². The first kappa shape index (κ1) is 23.8. The van der Waals surface area contributed by atoms with Crippen molar-refractivity contribution < 1.29 is 9.90 Å². The number of benzene rings is 1. The van der Waals surface area contributed by atoms with Crippen LogP contribution < -0.4 is 16.4 Å². The lowest BCUT2D eigenvalue weighted by Gasteiger charge is -2.29. The topological polar surface area (TPSA) is 131 Å². The predicted octanol–water partition coefficient (Wildman–Crippen LogP) is 4.54. The number of primary amides is 1. The van der Waals surface area contributed by atoms with Crippen molar-refractivity contribution in [3.05, 3.63) is 33.4 Å². The van der Waals surface area contributed by atoms with Gasteiger partial charge >= 0.3 is 0 Å². The van der Waals surface area contributed by atoms with E-state index in [0.29, 0.717) is 56.7 Å². The number of carbonyl (C=O) groups is 1. The molecule has 0 aliphatic heterocycles. The number of hydrogen-bond acceptors (Lipinski definition) is 7. The van der Waals surface area contributed by atoms with E-state index in [9.17, 15) is 9.90 Å². The SMILES string of the molecule is C[C@@H](CO)Nc1ncc2nc(Nc3c(Cl)cc(Cl)cc3Cl)n(C3CCC(C(N)=O)CC3)c2n1. The number of halogens is 3. The van der Waals surface area contributed by atoms with Crippen molar-refractivity contribution in [2.24, 2.45) is 11.7 Å². The van der Waals surface area contributed by atoms with Gasteiger partial charge in [0.2, 0.25) is 17.8 Å². The zero-order chi connectivity index (χ0) is 23.7. The maximum absolute atomic E-state index is 11.6. The van der Waals surface area contributed by atoms with E-state index < -0.39 is 0 Å². The number of amides is 1. The summed E-state index contributed by atoms with van der Waals surface area (Å²) in [7, 11) is 0. The quantitative estimate of drug-likeness (QED) is 0.365. The molecule has 33 heavy (non-hydrogen) atoms. The molecule has 12 heteroatoms. The minimum atomic E-state index is -0.270. The number of nitrogens with two attached hydrogens (primary N) is 1. The molecule has 0 radical (unpaired) electrons. The van der Waals surface area contributed by atoms with Gasteiger partial charge in [-0.05, 0) is 44.7 Å². The summed E-state index contributed by atoms with van der Waals surface area (Å²) in [5.74, 6) is 0.476. The summed E-state index contributed by atoms with van der Waals surface area (Å²) >= 11 is 18.8. The van der Waals surface area contributed by atoms with E-state index in [-0.39, 0.29) is 30.5 Å². The molecule has 1 saturated carbocycles. The van der Waals surface area contributed by atoms with Crippen LogP contribution in [0.15, 0.2) is 18.3 Å². The largest absolute Gasteiger partial charge is 0.394 e. The molecule has 5 N–H and O–H groups in total. The van der Waals surface area contributed by atoms with Gasteiger partial charge in [-0.1, -0.05) is 34.8 Å². The van der Waals surface area contributed by atoms with Gasteiger partial charge in [0.25, 0.3) is 0 Å². The molecule has 9 nitrogen and oxygen atoms in total. The average molecular weight is 513 g/mol. The monoisotopic (exact) mass is 511 g/mol. The molecule has 0 saturated heterocycles. The molecule has 1 aromatic carbocycles. The highest BCUT2D eigenvalue weighted by atomic mass is 35.5. The van der Waals surface area contributed by atoms with E-state index in [0.717, 1.165) is 12.8 Å². The number of hydrogen-bond donors (Lipinski definition) is 4. The summed E-state index contributed by atoms with van der Waals surface area (Å²) in [4.78, 5) is 25.3. The Balaban J connectivity index is 1.77. The van der Waals surface area contributed by atoms with Gasteiger partial charge in [0.1, 0.15) is 5.52 Å². The number of carbonyl (C=O) groups excluding carboxylic acids is 1. The van der Waals surface area contributed by atoms with Crippen molar-refractivity contribution >= 4 is 69.5 Å². The zero-order valence-electron chi connectivity index (χ0n) is 17.9. The van der Waals surface area contributed by atoms with Gasteiger partial charge in [0.15, 0.2) is 5.65 Å². The van der Waals surface area contributed by atoms with Gasteiger partial charge in [0, 0.05) is 23.0 Å². The highest BCUT2D eigenvalue weighted by Crippen LogP contribution is 2.40. The Labute approximate surface area is 205 Å². The van der Waals surface area contributed by atoms with E-state index in [2.05, 4.69) is 20.6 Å². The summed E-state index contributed by atoms with van der Waals surface area (Å²) in [5.41, 5.74) is 7.19. The van der Waals surface area contributed by atoms with Crippen molar-refractivity contribution in [2.75, 3.05) is 17.2 Å². The Bertz CT molecular complexity index is 1160. The highest BCUT2D eigenvalue weighted by molar-refractivity contribution is 6.41. The first-order valence-electron chi connectivity index (χ1n) is 10.6. The van der Waals surface area contributed by atoms with Crippen LogP contribution in [-0.2, 0) is 4.79 Å². The van der Waals surface area contributed by atoms with E-state index >= 15 is 0 Å². The maximum Gasteiger partial charge on any atom is 0.225 e. The maximum atomic E-state index is 11.6. The fraction of sp³-hybridized carbons (Fsp3) is 0.429. The molecule has 1 amide bonds. The number of aliphatic hydroxyl groups is 1. The molecule has 0 spiro atoms. The van der Waals surface area contributed by atoms with Gasteiger partial charge in [-0.15, -0.1) is 0 Å². The summed E-state index contributed by atoms with van der Waals surface area (Å²) in [5, 5.41) is 16.8. The van der Waals surface area contributed by atoms with Crippen molar-refractivity contribution in [3.8, 4) is 0 Å². The minimum Gasteiger partial charge on any atom is -0.394 e. The predicted molar refractivity (Wildman–Crippen MR) is 130 cm³/mol. The lowest BCUT2D eigenvalue weighted by atomic mass is 9.85. The number of aliphatic hydroxyl groups excluding tert-OH is 1. The van der Waals surface area contributed by atoms with Gasteiger partial charge in [-0.3, -0.25) is 9.36 Å². The van der Waals surface area contributed by atoms with Gasteiger partial charge < -0.3 is 21.5 Å². The van der Waals surface area contributed by atoms with Crippen LogP contribution in [-0.4, -0.2) is 43.2 Å². The third kappa shape index (κ3) is 5.11. The molecule has 4 rings (SSSR count). The first-order valence-corrected chi connectivity index (χ1v) is 11.7. The summed E-state index contributed by atoms with van der Waals surface area (Å²) < 4.78 is 1.99. The second-order valence-corrected chi connectivity index (χ2v) is 9.46. The lowest BCUT2D eigenvalue weighted by molar-refractivity contribution is -0.122. The molecule has 1 atom stereocenters. The number of anilines is 3. The van der Waals surface area contributed by atoms with E-state index in [1.807, 2.05) is 11.5 Å².